The molecule has 0 spiro atoms. The van der Waals surface area contributed by atoms with Crippen LogP contribution in [0.25, 0.3) is 0 Å². The van der Waals surface area contributed by atoms with Gasteiger partial charge in [-0.1, -0.05) is 6.92 Å². The van der Waals surface area contributed by atoms with Crippen LogP contribution < -0.4 is 5.32 Å². The summed E-state index contributed by atoms with van der Waals surface area (Å²) >= 11 is 1.46. The molecule has 1 heterocycles. The summed E-state index contributed by atoms with van der Waals surface area (Å²) in [6.07, 6.45) is 0.108. The molecule has 0 aliphatic heterocycles. The summed E-state index contributed by atoms with van der Waals surface area (Å²) in [5, 5.41) is 4.98. The predicted molar refractivity (Wildman–Crippen MR) is 82.6 cm³/mol. The number of nitrogens with one attached hydrogen (secondary N) is 1. The Bertz CT molecular complexity index is 497. The first-order chi connectivity index (χ1) is 9.39. The molecule has 0 amide bonds. The van der Waals surface area contributed by atoms with Gasteiger partial charge in [-0.25, -0.2) is 8.42 Å². The lowest BCUT2D eigenvalue weighted by Crippen LogP contribution is -2.31. The van der Waals surface area contributed by atoms with Gasteiger partial charge < -0.3 is 10.1 Å². The number of nitrogens with zero attached hydrogens (tertiary/aromatic N) is 1. The minimum absolute atomic E-state index is 0.108. The summed E-state index contributed by atoms with van der Waals surface area (Å²) in [7, 11) is -1.84. The second-order valence-electron chi connectivity index (χ2n) is 4.73. The van der Waals surface area contributed by atoms with E-state index >= 15 is 0 Å². The van der Waals surface area contributed by atoms with Gasteiger partial charge in [0.2, 0.25) is 10.0 Å². The fourth-order valence-corrected chi connectivity index (χ4v) is 4.17. The summed E-state index contributed by atoms with van der Waals surface area (Å²) in [6.45, 7) is 8.02. The van der Waals surface area contributed by atoms with Gasteiger partial charge in [0, 0.05) is 25.0 Å². The van der Waals surface area contributed by atoms with E-state index in [1.165, 1.54) is 15.6 Å². The molecule has 1 N–H and O–H groups in total. The van der Waals surface area contributed by atoms with Gasteiger partial charge in [0.25, 0.3) is 0 Å². The van der Waals surface area contributed by atoms with Crippen molar-refractivity contribution >= 4 is 21.4 Å². The van der Waals surface area contributed by atoms with Crippen LogP contribution in [0.2, 0.25) is 0 Å². The fourth-order valence-electron chi connectivity index (χ4n) is 1.63. The molecule has 0 bridgehead atoms. The molecule has 7 heteroatoms. The Balaban J connectivity index is 2.74. The van der Waals surface area contributed by atoms with Crippen molar-refractivity contribution in [2.24, 2.45) is 0 Å². The number of sulfonamides is 1. The summed E-state index contributed by atoms with van der Waals surface area (Å²) in [5.41, 5.74) is 0. The zero-order valence-corrected chi connectivity index (χ0v) is 14.2. The molecule has 0 aliphatic rings. The molecule has 0 aromatic carbocycles. The molecule has 0 aliphatic carbocycles. The van der Waals surface area contributed by atoms with Crippen LogP contribution in [-0.2, 0) is 21.3 Å². The topological polar surface area (TPSA) is 58.6 Å². The third kappa shape index (κ3) is 4.82. The Morgan fingerprint density at radius 1 is 1.45 bits per heavy atom. The zero-order chi connectivity index (χ0) is 15.2. The van der Waals surface area contributed by atoms with Crippen LogP contribution in [0.1, 0.15) is 25.6 Å². The number of thiophene rings is 1. The van der Waals surface area contributed by atoms with E-state index in [0.29, 0.717) is 24.6 Å². The standard InChI is InChI=1S/C13H24N2O3S2/c1-5-14-10-12-13(6-9-19-12)20(16,17)15(4)7-8-18-11(2)3/h6,9,11,14H,5,7-8,10H2,1-4H3. The highest BCUT2D eigenvalue weighted by atomic mass is 32.2. The Morgan fingerprint density at radius 3 is 2.75 bits per heavy atom. The van der Waals surface area contributed by atoms with Crippen LogP contribution in [-0.4, -0.2) is 45.6 Å². The van der Waals surface area contributed by atoms with E-state index in [1.807, 2.05) is 26.2 Å². The van der Waals surface area contributed by atoms with Crippen LogP contribution in [0, 0.1) is 0 Å². The van der Waals surface area contributed by atoms with Gasteiger partial charge in [-0.3, -0.25) is 0 Å². The minimum Gasteiger partial charge on any atom is -0.377 e. The highest BCUT2D eigenvalue weighted by Gasteiger charge is 2.24. The second kappa shape index (κ2) is 8.09. The predicted octanol–water partition coefficient (Wildman–Crippen LogP) is 1.90. The smallest absolute Gasteiger partial charge is 0.244 e. The molecular weight excluding hydrogens is 296 g/mol. The quantitative estimate of drug-likeness (QED) is 0.755. The highest BCUT2D eigenvalue weighted by molar-refractivity contribution is 7.89. The molecule has 0 saturated carbocycles. The Hall–Kier alpha value is -0.470. The summed E-state index contributed by atoms with van der Waals surface area (Å²) in [6, 6.07) is 1.67. The zero-order valence-electron chi connectivity index (χ0n) is 12.5. The van der Waals surface area contributed by atoms with Crippen LogP contribution >= 0.6 is 11.3 Å². The summed E-state index contributed by atoms with van der Waals surface area (Å²) in [5.74, 6) is 0. The van der Waals surface area contributed by atoms with Crippen molar-refractivity contribution in [3.05, 3.63) is 16.3 Å². The SMILES string of the molecule is CCNCc1sccc1S(=O)(=O)N(C)CCOC(C)C. The van der Waals surface area contributed by atoms with Crippen molar-refractivity contribution in [1.29, 1.82) is 0 Å². The van der Waals surface area contributed by atoms with Gasteiger partial charge >= 0.3 is 0 Å². The molecule has 0 unspecified atom stereocenters. The van der Waals surface area contributed by atoms with Gasteiger partial charge in [-0.15, -0.1) is 11.3 Å². The lowest BCUT2D eigenvalue weighted by molar-refractivity contribution is 0.0737. The van der Waals surface area contributed by atoms with Gasteiger partial charge in [0.15, 0.2) is 0 Å². The first-order valence-electron chi connectivity index (χ1n) is 6.74. The van der Waals surface area contributed by atoms with Crippen LogP contribution in [0.4, 0.5) is 0 Å². The van der Waals surface area contributed by atoms with E-state index in [0.717, 1.165) is 11.4 Å². The van der Waals surface area contributed by atoms with Gasteiger partial charge in [0.05, 0.1) is 17.6 Å². The first-order valence-corrected chi connectivity index (χ1v) is 9.06. The maximum atomic E-state index is 12.5. The van der Waals surface area contributed by atoms with Crippen LogP contribution in [0.3, 0.4) is 0 Å². The first kappa shape index (κ1) is 17.6. The number of ether oxygens (including phenoxy) is 1. The molecule has 1 rings (SSSR count). The van der Waals surface area contributed by atoms with Crippen molar-refractivity contribution in [3.63, 3.8) is 0 Å². The fraction of sp³-hybridized carbons (Fsp3) is 0.692. The van der Waals surface area contributed by atoms with Crippen molar-refractivity contribution < 1.29 is 13.2 Å². The molecule has 0 fully saturated rings. The van der Waals surface area contributed by atoms with Crippen LogP contribution in [0.15, 0.2) is 16.3 Å². The third-order valence-electron chi connectivity index (χ3n) is 2.79. The normalized spacial score (nSPS) is 12.5. The second-order valence-corrected chi connectivity index (χ2v) is 7.75. The Morgan fingerprint density at radius 2 is 2.15 bits per heavy atom. The Labute approximate surface area is 126 Å². The van der Waals surface area contributed by atoms with E-state index in [1.54, 1.807) is 13.1 Å². The highest BCUT2D eigenvalue weighted by Crippen LogP contribution is 2.24. The van der Waals surface area contributed by atoms with Crippen LogP contribution in [0.5, 0.6) is 0 Å². The maximum absolute atomic E-state index is 12.5. The molecular formula is C13H24N2O3S2. The van der Waals surface area contributed by atoms with Gasteiger partial charge in [-0.2, -0.15) is 4.31 Å². The lowest BCUT2D eigenvalue weighted by atomic mass is 10.4. The molecule has 1 aromatic heterocycles. The summed E-state index contributed by atoms with van der Waals surface area (Å²) in [4.78, 5) is 1.25. The number of likely N-dealkylation sites (N-methyl/N-ethyl adjacent to an activating group) is 1. The monoisotopic (exact) mass is 320 g/mol. The average Bonchev–Trinajstić information content (AvgIpc) is 2.84. The largest absolute Gasteiger partial charge is 0.377 e. The third-order valence-corrected chi connectivity index (χ3v) is 5.78. The van der Waals surface area contributed by atoms with E-state index in [2.05, 4.69) is 5.32 Å². The van der Waals surface area contributed by atoms with Gasteiger partial charge in [-0.05, 0) is 31.8 Å². The van der Waals surface area contributed by atoms with E-state index in [9.17, 15) is 8.42 Å². The lowest BCUT2D eigenvalue weighted by Gasteiger charge is -2.18. The molecule has 1 aromatic rings. The summed E-state index contributed by atoms with van der Waals surface area (Å²) < 4.78 is 31.8. The van der Waals surface area contributed by atoms with Crippen molar-refractivity contribution in [2.75, 3.05) is 26.7 Å². The molecule has 5 nitrogen and oxygen atoms in total. The molecule has 0 radical (unpaired) electrons. The minimum atomic E-state index is -3.43. The average molecular weight is 320 g/mol. The number of hydrogen-bond donors (Lipinski definition) is 1. The van der Waals surface area contributed by atoms with Crippen molar-refractivity contribution in [3.8, 4) is 0 Å². The maximum Gasteiger partial charge on any atom is 0.244 e. The van der Waals surface area contributed by atoms with Crippen molar-refractivity contribution in [1.82, 2.24) is 9.62 Å². The number of rotatable bonds is 9. The van der Waals surface area contributed by atoms with E-state index < -0.39 is 10.0 Å². The van der Waals surface area contributed by atoms with E-state index in [4.69, 9.17) is 4.74 Å². The van der Waals surface area contributed by atoms with E-state index in [-0.39, 0.29) is 6.10 Å². The molecule has 0 saturated heterocycles. The molecule has 116 valence electrons. The molecule has 0 atom stereocenters. The van der Waals surface area contributed by atoms with Gasteiger partial charge in [0.1, 0.15) is 0 Å². The Kier molecular flexibility index (Phi) is 7.11. The molecule has 20 heavy (non-hydrogen) atoms. The van der Waals surface area contributed by atoms with Crippen molar-refractivity contribution in [2.45, 2.75) is 38.3 Å². The number of hydrogen-bond acceptors (Lipinski definition) is 5.